The van der Waals surface area contributed by atoms with E-state index in [2.05, 4.69) is 5.32 Å². The molecule has 0 aliphatic rings. The van der Waals surface area contributed by atoms with Crippen LogP contribution in [0.3, 0.4) is 0 Å². The Balaban J connectivity index is 2.26. The van der Waals surface area contributed by atoms with Crippen LogP contribution >= 0.6 is 11.6 Å². The van der Waals surface area contributed by atoms with Crippen LogP contribution in [0, 0.1) is 13.8 Å². The van der Waals surface area contributed by atoms with Crippen LogP contribution in [0.25, 0.3) is 0 Å². The number of anilines is 2. The van der Waals surface area contributed by atoms with E-state index in [1.807, 2.05) is 26.0 Å². The number of halogens is 1. The quantitative estimate of drug-likeness (QED) is 0.819. The Morgan fingerprint density at radius 1 is 1.21 bits per heavy atom. The van der Waals surface area contributed by atoms with Crippen molar-refractivity contribution >= 4 is 28.9 Å². The number of hydrogen-bond donors (Lipinski definition) is 2. The van der Waals surface area contributed by atoms with Gasteiger partial charge in [-0.1, -0.05) is 23.7 Å². The first-order valence-corrected chi connectivity index (χ1v) is 6.29. The molecule has 2 aromatic rings. The van der Waals surface area contributed by atoms with E-state index in [9.17, 15) is 4.79 Å². The third-order valence-electron chi connectivity index (χ3n) is 3.06. The molecular weight excluding hydrogens is 260 g/mol. The highest BCUT2D eigenvalue weighted by Gasteiger charge is 2.09. The van der Waals surface area contributed by atoms with E-state index in [1.54, 1.807) is 24.3 Å². The second-order valence-electron chi connectivity index (χ2n) is 4.44. The van der Waals surface area contributed by atoms with Crippen LogP contribution in [0.5, 0.6) is 0 Å². The number of nitrogen functional groups attached to an aromatic ring is 1. The molecule has 3 N–H and O–H groups in total. The van der Waals surface area contributed by atoms with Crippen LogP contribution in [-0.2, 0) is 0 Å². The summed E-state index contributed by atoms with van der Waals surface area (Å²) in [5.74, 6) is -0.199. The summed E-state index contributed by atoms with van der Waals surface area (Å²) in [5.41, 5.74) is 9.49. The Morgan fingerprint density at radius 2 is 1.95 bits per heavy atom. The summed E-state index contributed by atoms with van der Waals surface area (Å²) in [5, 5.41) is 3.42. The molecule has 4 heteroatoms. The molecule has 0 saturated carbocycles. The van der Waals surface area contributed by atoms with E-state index < -0.39 is 0 Å². The molecule has 0 bridgehead atoms. The molecule has 0 atom stereocenters. The fourth-order valence-corrected chi connectivity index (χ4v) is 1.90. The summed E-state index contributed by atoms with van der Waals surface area (Å²) in [6.45, 7) is 3.76. The fraction of sp³-hybridized carbons (Fsp3) is 0.133. The molecule has 0 aromatic heterocycles. The number of benzene rings is 2. The normalized spacial score (nSPS) is 10.3. The molecule has 0 spiro atoms. The van der Waals surface area contributed by atoms with Crippen molar-refractivity contribution in [1.82, 2.24) is 0 Å². The van der Waals surface area contributed by atoms with Gasteiger partial charge in [0.25, 0.3) is 5.91 Å². The maximum absolute atomic E-state index is 12.1. The van der Waals surface area contributed by atoms with Crippen molar-refractivity contribution < 1.29 is 4.79 Å². The zero-order chi connectivity index (χ0) is 14.0. The van der Waals surface area contributed by atoms with Gasteiger partial charge in [-0.2, -0.15) is 0 Å². The lowest BCUT2D eigenvalue weighted by atomic mass is 10.1. The highest BCUT2D eigenvalue weighted by Crippen LogP contribution is 2.22. The van der Waals surface area contributed by atoms with Gasteiger partial charge in [-0.25, -0.2) is 0 Å². The van der Waals surface area contributed by atoms with Crippen molar-refractivity contribution in [3.8, 4) is 0 Å². The van der Waals surface area contributed by atoms with Gasteiger partial charge >= 0.3 is 0 Å². The maximum Gasteiger partial charge on any atom is 0.255 e. The Morgan fingerprint density at radius 3 is 2.63 bits per heavy atom. The average Bonchev–Trinajstić information content (AvgIpc) is 2.38. The van der Waals surface area contributed by atoms with Crippen LogP contribution < -0.4 is 11.1 Å². The maximum atomic E-state index is 12.1. The molecule has 0 aliphatic heterocycles. The molecule has 98 valence electrons. The van der Waals surface area contributed by atoms with Gasteiger partial charge in [0, 0.05) is 22.0 Å². The van der Waals surface area contributed by atoms with Crippen molar-refractivity contribution in [2.75, 3.05) is 11.1 Å². The predicted molar refractivity (Wildman–Crippen MR) is 79.7 cm³/mol. The molecule has 3 nitrogen and oxygen atoms in total. The smallest absolute Gasteiger partial charge is 0.255 e. The van der Waals surface area contributed by atoms with Crippen LogP contribution in [0.15, 0.2) is 36.4 Å². The van der Waals surface area contributed by atoms with E-state index in [0.29, 0.717) is 22.0 Å². The second-order valence-corrected chi connectivity index (χ2v) is 4.85. The SMILES string of the molecule is Cc1ccc(C(=O)Nc2cccc(N)c2C)cc1Cl. The van der Waals surface area contributed by atoms with Crippen LogP contribution in [0.4, 0.5) is 11.4 Å². The largest absolute Gasteiger partial charge is 0.398 e. The number of hydrogen-bond acceptors (Lipinski definition) is 2. The number of rotatable bonds is 2. The Kier molecular flexibility index (Phi) is 3.76. The van der Waals surface area contributed by atoms with Gasteiger partial charge < -0.3 is 11.1 Å². The number of nitrogens with two attached hydrogens (primary N) is 1. The van der Waals surface area contributed by atoms with Crippen LogP contribution in [0.1, 0.15) is 21.5 Å². The topological polar surface area (TPSA) is 55.1 Å². The lowest BCUT2D eigenvalue weighted by molar-refractivity contribution is 0.102. The number of carbonyl (C=O) groups is 1. The van der Waals surface area contributed by atoms with E-state index in [4.69, 9.17) is 17.3 Å². The molecule has 0 heterocycles. The van der Waals surface area contributed by atoms with Gasteiger partial charge in [0.2, 0.25) is 0 Å². The van der Waals surface area contributed by atoms with Crippen molar-refractivity contribution in [3.05, 3.63) is 58.1 Å². The van der Waals surface area contributed by atoms with Crippen LogP contribution in [0.2, 0.25) is 5.02 Å². The highest BCUT2D eigenvalue weighted by molar-refractivity contribution is 6.31. The van der Waals surface area contributed by atoms with E-state index in [-0.39, 0.29) is 5.91 Å². The summed E-state index contributed by atoms with van der Waals surface area (Å²) >= 11 is 6.02. The van der Waals surface area contributed by atoms with Crippen molar-refractivity contribution in [3.63, 3.8) is 0 Å². The standard InChI is InChI=1S/C15H15ClN2O/c1-9-6-7-11(8-12(9)16)15(19)18-14-5-3-4-13(17)10(14)2/h3-8H,17H2,1-2H3,(H,18,19). The van der Waals surface area contributed by atoms with Gasteiger partial charge in [-0.05, 0) is 49.2 Å². The molecule has 0 unspecified atom stereocenters. The summed E-state index contributed by atoms with van der Waals surface area (Å²) in [7, 11) is 0. The van der Waals surface area contributed by atoms with Crippen molar-refractivity contribution in [2.24, 2.45) is 0 Å². The number of aryl methyl sites for hydroxylation is 1. The molecule has 0 saturated heterocycles. The minimum absolute atomic E-state index is 0.199. The number of nitrogens with one attached hydrogen (secondary N) is 1. The molecule has 0 aliphatic carbocycles. The second kappa shape index (κ2) is 5.33. The number of carbonyl (C=O) groups excluding carboxylic acids is 1. The molecule has 2 aromatic carbocycles. The predicted octanol–water partition coefficient (Wildman–Crippen LogP) is 3.79. The van der Waals surface area contributed by atoms with Gasteiger partial charge in [0.05, 0.1) is 0 Å². The Hall–Kier alpha value is -2.00. The number of amides is 1. The molecule has 19 heavy (non-hydrogen) atoms. The Bertz CT molecular complexity index is 638. The zero-order valence-electron chi connectivity index (χ0n) is 10.8. The van der Waals surface area contributed by atoms with E-state index in [0.717, 1.165) is 11.1 Å². The van der Waals surface area contributed by atoms with Gasteiger partial charge in [-0.15, -0.1) is 0 Å². The first kappa shape index (κ1) is 13.4. The van der Waals surface area contributed by atoms with Crippen molar-refractivity contribution in [2.45, 2.75) is 13.8 Å². The average molecular weight is 275 g/mol. The lowest BCUT2D eigenvalue weighted by Gasteiger charge is -2.10. The van der Waals surface area contributed by atoms with Crippen molar-refractivity contribution in [1.29, 1.82) is 0 Å². The summed E-state index contributed by atoms with van der Waals surface area (Å²) in [6.07, 6.45) is 0. The first-order chi connectivity index (χ1) is 8.99. The summed E-state index contributed by atoms with van der Waals surface area (Å²) < 4.78 is 0. The van der Waals surface area contributed by atoms with Gasteiger partial charge in [0.15, 0.2) is 0 Å². The molecule has 2 rings (SSSR count). The van der Waals surface area contributed by atoms with E-state index in [1.165, 1.54) is 0 Å². The third kappa shape index (κ3) is 2.88. The van der Waals surface area contributed by atoms with E-state index >= 15 is 0 Å². The molecule has 1 amide bonds. The lowest BCUT2D eigenvalue weighted by Crippen LogP contribution is -2.13. The highest BCUT2D eigenvalue weighted by atomic mass is 35.5. The summed E-state index contributed by atoms with van der Waals surface area (Å²) in [4.78, 5) is 12.1. The third-order valence-corrected chi connectivity index (χ3v) is 3.47. The molecule has 0 fully saturated rings. The zero-order valence-corrected chi connectivity index (χ0v) is 11.6. The monoisotopic (exact) mass is 274 g/mol. The minimum Gasteiger partial charge on any atom is -0.398 e. The first-order valence-electron chi connectivity index (χ1n) is 5.91. The van der Waals surface area contributed by atoms with Crippen LogP contribution in [-0.4, -0.2) is 5.91 Å². The Labute approximate surface area is 117 Å². The molecule has 0 radical (unpaired) electrons. The fourth-order valence-electron chi connectivity index (χ4n) is 1.72. The summed E-state index contributed by atoms with van der Waals surface area (Å²) in [6, 6.07) is 10.7. The minimum atomic E-state index is -0.199. The van der Waals surface area contributed by atoms with Gasteiger partial charge in [-0.3, -0.25) is 4.79 Å². The van der Waals surface area contributed by atoms with Gasteiger partial charge in [0.1, 0.15) is 0 Å². The molecular formula is C15H15ClN2O.